The van der Waals surface area contributed by atoms with Crippen LogP contribution >= 0.6 is 0 Å². The van der Waals surface area contributed by atoms with Gasteiger partial charge in [-0.2, -0.15) is 0 Å². The van der Waals surface area contributed by atoms with Crippen LogP contribution in [0.1, 0.15) is 30.1 Å². The zero-order valence-corrected chi connectivity index (χ0v) is 10.7. The zero-order chi connectivity index (χ0) is 13.1. The summed E-state index contributed by atoms with van der Waals surface area (Å²) >= 11 is 0. The average Bonchev–Trinajstić information content (AvgIpc) is 2.38. The molecule has 1 aromatic rings. The van der Waals surface area contributed by atoms with Crippen LogP contribution in [0.3, 0.4) is 0 Å². The van der Waals surface area contributed by atoms with E-state index >= 15 is 0 Å². The molecule has 1 saturated heterocycles. The third-order valence-corrected chi connectivity index (χ3v) is 3.58. The van der Waals surface area contributed by atoms with E-state index in [1.54, 1.807) is 23.1 Å². The quantitative estimate of drug-likeness (QED) is 0.735. The second-order valence-corrected chi connectivity index (χ2v) is 4.89. The lowest BCUT2D eigenvalue weighted by molar-refractivity contribution is 0.0697. The van der Waals surface area contributed by atoms with E-state index < -0.39 is 5.82 Å². The lowest BCUT2D eigenvalue weighted by atomic mass is 9.91. The third kappa shape index (κ3) is 2.61. The van der Waals surface area contributed by atoms with Crippen molar-refractivity contribution in [1.82, 2.24) is 4.90 Å². The highest BCUT2D eigenvalue weighted by Crippen LogP contribution is 2.24. The number of benzene rings is 1. The molecule has 0 N–H and O–H groups in total. The van der Waals surface area contributed by atoms with Crippen molar-refractivity contribution in [2.45, 2.75) is 19.8 Å². The van der Waals surface area contributed by atoms with Crippen molar-refractivity contribution >= 4 is 5.91 Å². The van der Waals surface area contributed by atoms with Gasteiger partial charge in [-0.1, -0.05) is 24.3 Å². The molecule has 18 heavy (non-hydrogen) atoms. The second-order valence-electron chi connectivity index (χ2n) is 4.89. The molecular weight excluding hydrogens is 229 g/mol. The summed E-state index contributed by atoms with van der Waals surface area (Å²) in [6.07, 6.45) is 1.85. The number of amides is 1. The van der Waals surface area contributed by atoms with Crippen LogP contribution < -0.4 is 0 Å². The molecule has 1 heterocycles. The minimum atomic E-state index is -0.440. The molecule has 1 aliphatic rings. The van der Waals surface area contributed by atoms with Crippen LogP contribution in [0.5, 0.6) is 0 Å². The Morgan fingerprint density at radius 3 is 2.50 bits per heavy atom. The molecule has 96 valence electrons. The van der Waals surface area contributed by atoms with Crippen LogP contribution in [0.2, 0.25) is 0 Å². The van der Waals surface area contributed by atoms with Gasteiger partial charge in [0.2, 0.25) is 0 Å². The highest BCUT2D eigenvalue weighted by Gasteiger charge is 2.25. The molecule has 2 nitrogen and oxygen atoms in total. The van der Waals surface area contributed by atoms with Crippen molar-refractivity contribution in [2.75, 3.05) is 13.1 Å². The Morgan fingerprint density at radius 2 is 1.94 bits per heavy atom. The molecule has 0 unspecified atom stereocenters. The molecule has 0 aromatic heterocycles. The van der Waals surface area contributed by atoms with Crippen molar-refractivity contribution in [3.8, 4) is 0 Å². The number of carbonyl (C=O) groups excluding carboxylic acids is 1. The first-order valence-corrected chi connectivity index (χ1v) is 6.29. The molecule has 0 radical (unpaired) electrons. The number of hydrogen-bond donors (Lipinski definition) is 0. The highest BCUT2D eigenvalue weighted by molar-refractivity contribution is 5.94. The van der Waals surface area contributed by atoms with Gasteiger partial charge in [0.25, 0.3) is 5.91 Å². The van der Waals surface area contributed by atoms with Gasteiger partial charge < -0.3 is 4.90 Å². The number of allylic oxidation sites excluding steroid dienone is 1. The fraction of sp³-hybridized carbons (Fsp3) is 0.400. The molecule has 1 aliphatic heterocycles. The van der Waals surface area contributed by atoms with Gasteiger partial charge in [-0.15, -0.1) is 0 Å². The smallest absolute Gasteiger partial charge is 0.256 e. The Morgan fingerprint density at radius 1 is 1.33 bits per heavy atom. The minimum absolute atomic E-state index is 0.172. The van der Waals surface area contributed by atoms with Gasteiger partial charge in [-0.05, 0) is 37.8 Å². The summed E-state index contributed by atoms with van der Waals surface area (Å²) in [6.45, 7) is 7.35. The number of halogens is 1. The van der Waals surface area contributed by atoms with E-state index in [0.717, 1.165) is 12.8 Å². The van der Waals surface area contributed by atoms with E-state index in [9.17, 15) is 9.18 Å². The van der Waals surface area contributed by atoms with Gasteiger partial charge in [0, 0.05) is 13.1 Å². The van der Waals surface area contributed by atoms with Gasteiger partial charge in [0.05, 0.1) is 5.56 Å². The van der Waals surface area contributed by atoms with E-state index in [-0.39, 0.29) is 11.5 Å². The first kappa shape index (κ1) is 12.8. The zero-order valence-electron chi connectivity index (χ0n) is 10.7. The Hall–Kier alpha value is -1.64. The van der Waals surface area contributed by atoms with Crippen LogP contribution in [-0.4, -0.2) is 23.9 Å². The summed E-state index contributed by atoms with van der Waals surface area (Å²) in [5, 5.41) is 0. The van der Waals surface area contributed by atoms with Crippen molar-refractivity contribution in [3.63, 3.8) is 0 Å². The predicted octanol–water partition coefficient (Wildman–Crippen LogP) is 3.25. The highest BCUT2D eigenvalue weighted by atomic mass is 19.1. The molecule has 1 aromatic carbocycles. The van der Waals surface area contributed by atoms with E-state index in [4.69, 9.17) is 0 Å². The van der Waals surface area contributed by atoms with Gasteiger partial charge in [0.15, 0.2) is 0 Å². The minimum Gasteiger partial charge on any atom is -0.339 e. The maximum atomic E-state index is 13.5. The fourth-order valence-electron chi connectivity index (χ4n) is 2.38. The van der Waals surface area contributed by atoms with Gasteiger partial charge >= 0.3 is 0 Å². The summed E-state index contributed by atoms with van der Waals surface area (Å²) in [7, 11) is 0. The summed E-state index contributed by atoms with van der Waals surface area (Å²) in [4.78, 5) is 13.9. The molecule has 0 atom stereocenters. The monoisotopic (exact) mass is 247 g/mol. The first-order valence-electron chi connectivity index (χ1n) is 6.29. The molecule has 1 amide bonds. The summed E-state index contributed by atoms with van der Waals surface area (Å²) in [6, 6.07) is 6.16. The number of rotatable bonds is 2. The van der Waals surface area contributed by atoms with Crippen LogP contribution in [-0.2, 0) is 0 Å². The van der Waals surface area contributed by atoms with Crippen molar-refractivity contribution < 1.29 is 9.18 Å². The van der Waals surface area contributed by atoms with Crippen LogP contribution in [0.15, 0.2) is 36.4 Å². The molecule has 0 aliphatic carbocycles. The molecule has 1 fully saturated rings. The number of piperidine rings is 1. The Bertz CT molecular complexity index is 461. The Balaban J connectivity index is 2.04. The number of hydrogen-bond acceptors (Lipinski definition) is 1. The topological polar surface area (TPSA) is 20.3 Å². The normalized spacial score (nSPS) is 16.7. The predicted molar refractivity (Wildman–Crippen MR) is 69.8 cm³/mol. The largest absolute Gasteiger partial charge is 0.339 e. The van der Waals surface area contributed by atoms with E-state index in [2.05, 4.69) is 6.58 Å². The Kier molecular flexibility index (Phi) is 3.80. The SMILES string of the molecule is C=C(C)C1CCN(C(=O)c2ccccc2F)CC1. The van der Waals surface area contributed by atoms with Gasteiger partial charge in [-0.3, -0.25) is 4.79 Å². The second kappa shape index (κ2) is 5.34. The molecule has 0 saturated carbocycles. The third-order valence-electron chi connectivity index (χ3n) is 3.58. The van der Waals surface area contributed by atoms with Crippen molar-refractivity contribution in [2.24, 2.45) is 5.92 Å². The first-order chi connectivity index (χ1) is 8.59. The lowest BCUT2D eigenvalue weighted by Gasteiger charge is -2.32. The van der Waals surface area contributed by atoms with Crippen LogP contribution in [0, 0.1) is 11.7 Å². The van der Waals surface area contributed by atoms with E-state index in [1.807, 2.05) is 6.92 Å². The number of likely N-dealkylation sites (tertiary alicyclic amines) is 1. The van der Waals surface area contributed by atoms with Crippen LogP contribution in [0.25, 0.3) is 0 Å². The fourth-order valence-corrected chi connectivity index (χ4v) is 2.38. The molecule has 0 spiro atoms. The van der Waals surface area contributed by atoms with E-state index in [0.29, 0.717) is 19.0 Å². The average molecular weight is 247 g/mol. The van der Waals surface area contributed by atoms with Crippen molar-refractivity contribution in [3.05, 3.63) is 47.8 Å². The Labute approximate surface area is 107 Å². The summed E-state index contributed by atoms with van der Waals surface area (Å²) in [5.41, 5.74) is 1.35. The standard InChI is InChI=1S/C15H18FNO/c1-11(2)12-7-9-17(10-8-12)15(18)13-5-3-4-6-14(13)16/h3-6,12H,1,7-10H2,2H3. The summed E-state index contributed by atoms with van der Waals surface area (Å²) < 4.78 is 13.5. The lowest BCUT2D eigenvalue weighted by Crippen LogP contribution is -2.39. The van der Waals surface area contributed by atoms with Gasteiger partial charge in [0.1, 0.15) is 5.82 Å². The van der Waals surface area contributed by atoms with Crippen LogP contribution in [0.4, 0.5) is 4.39 Å². The molecular formula is C15H18FNO. The number of carbonyl (C=O) groups is 1. The van der Waals surface area contributed by atoms with E-state index in [1.165, 1.54) is 11.6 Å². The van der Waals surface area contributed by atoms with Crippen molar-refractivity contribution in [1.29, 1.82) is 0 Å². The summed E-state index contributed by atoms with van der Waals surface area (Å²) in [5.74, 6) is -0.146. The maximum absolute atomic E-state index is 13.5. The molecule has 3 heteroatoms. The van der Waals surface area contributed by atoms with Gasteiger partial charge in [-0.25, -0.2) is 4.39 Å². The molecule has 0 bridgehead atoms. The molecule has 2 rings (SSSR count). The number of nitrogens with zero attached hydrogens (tertiary/aromatic N) is 1. The maximum Gasteiger partial charge on any atom is 0.256 e.